The topological polar surface area (TPSA) is 40.6 Å². The number of halogens is 3. The molecule has 1 aromatic carbocycles. The molecule has 0 unspecified atom stereocenters. The number of carbonyl (C=O) groups is 2. The highest BCUT2D eigenvalue weighted by Gasteiger charge is 2.33. The number of hydrogen-bond donors (Lipinski definition) is 0. The molecule has 150 valence electrons. The van der Waals surface area contributed by atoms with Crippen LogP contribution >= 0.6 is 0 Å². The number of aryl methyl sites for hydroxylation is 1. The molecule has 0 radical (unpaired) electrons. The van der Waals surface area contributed by atoms with Gasteiger partial charge in [0, 0.05) is 40.0 Å². The quantitative estimate of drug-likeness (QED) is 0.750. The van der Waals surface area contributed by atoms with Gasteiger partial charge in [0.05, 0.1) is 5.56 Å². The van der Waals surface area contributed by atoms with Crippen LogP contribution in [0.2, 0.25) is 0 Å². The van der Waals surface area contributed by atoms with Crippen LogP contribution in [-0.4, -0.2) is 48.8 Å². The Hall–Kier alpha value is -2.05. The fourth-order valence-electron chi connectivity index (χ4n) is 3.50. The first-order valence-corrected chi connectivity index (χ1v) is 9.31. The second-order valence-corrected chi connectivity index (χ2v) is 7.33. The van der Waals surface area contributed by atoms with Gasteiger partial charge >= 0.3 is 6.18 Å². The smallest absolute Gasteiger partial charge is 0.349 e. The van der Waals surface area contributed by atoms with Gasteiger partial charge in [-0.2, -0.15) is 13.2 Å². The number of nitrogens with zero attached hydrogens (tertiary/aromatic N) is 2. The lowest BCUT2D eigenvalue weighted by atomic mass is 9.90. The first-order valence-electron chi connectivity index (χ1n) is 9.31. The number of likely N-dealkylation sites (tertiary alicyclic amines) is 1. The highest BCUT2D eigenvalue weighted by molar-refractivity contribution is 5.83. The molecule has 1 aliphatic heterocycles. The van der Waals surface area contributed by atoms with E-state index in [4.69, 9.17) is 0 Å². The molecule has 7 heteroatoms. The van der Waals surface area contributed by atoms with Gasteiger partial charge in [0.15, 0.2) is 0 Å². The van der Waals surface area contributed by atoms with E-state index < -0.39 is 11.7 Å². The van der Waals surface area contributed by atoms with Gasteiger partial charge < -0.3 is 9.80 Å². The summed E-state index contributed by atoms with van der Waals surface area (Å²) in [6, 6.07) is 5.68. The second-order valence-electron chi connectivity index (χ2n) is 7.33. The van der Waals surface area contributed by atoms with Crippen molar-refractivity contribution < 1.29 is 22.8 Å². The molecule has 2 rings (SSSR count). The lowest BCUT2D eigenvalue weighted by molar-refractivity contribution is -0.138. The Morgan fingerprint density at radius 3 is 2.56 bits per heavy atom. The first kappa shape index (κ1) is 21.3. The molecule has 27 heavy (non-hydrogen) atoms. The van der Waals surface area contributed by atoms with E-state index in [1.807, 2.05) is 0 Å². The van der Waals surface area contributed by atoms with Crippen LogP contribution in [0.4, 0.5) is 13.2 Å². The molecule has 0 saturated carbocycles. The normalized spacial score (nSPS) is 17.7. The van der Waals surface area contributed by atoms with Crippen LogP contribution in [0, 0.1) is 5.92 Å². The first-order chi connectivity index (χ1) is 12.7. The highest BCUT2D eigenvalue weighted by Crippen LogP contribution is 2.33. The van der Waals surface area contributed by atoms with Crippen LogP contribution in [-0.2, 0) is 22.2 Å². The molecule has 1 aliphatic rings. The van der Waals surface area contributed by atoms with Crippen molar-refractivity contribution >= 4 is 11.8 Å². The Kier molecular flexibility index (Phi) is 7.27. The number of benzene rings is 1. The standard InChI is InChI=1S/C20H27F3N2O2/c1-24(2)18(26)11-12-19(27)25-13-5-6-15(14-25)9-10-16-7-3-4-8-17(16)20(21,22)23/h3-4,7-8,15H,5-6,9-14H2,1-2H3/t15-/m0/s1. The van der Waals surface area contributed by atoms with E-state index in [9.17, 15) is 22.8 Å². The molecule has 0 bridgehead atoms. The van der Waals surface area contributed by atoms with E-state index in [1.54, 1.807) is 25.1 Å². The zero-order valence-electron chi connectivity index (χ0n) is 15.9. The predicted molar refractivity (Wildman–Crippen MR) is 97.0 cm³/mol. The molecule has 4 nitrogen and oxygen atoms in total. The molecule has 0 spiro atoms. The molecular formula is C20H27F3N2O2. The van der Waals surface area contributed by atoms with Crippen LogP contribution in [0.1, 0.15) is 43.2 Å². The van der Waals surface area contributed by atoms with E-state index in [0.29, 0.717) is 31.5 Å². The summed E-state index contributed by atoms with van der Waals surface area (Å²) in [4.78, 5) is 27.2. The van der Waals surface area contributed by atoms with Crippen LogP contribution in [0.15, 0.2) is 24.3 Å². The Morgan fingerprint density at radius 1 is 1.19 bits per heavy atom. The van der Waals surface area contributed by atoms with E-state index in [0.717, 1.165) is 18.9 Å². The van der Waals surface area contributed by atoms with E-state index in [1.165, 1.54) is 17.0 Å². The number of alkyl halides is 3. The van der Waals surface area contributed by atoms with Gasteiger partial charge in [-0.05, 0) is 43.2 Å². The highest BCUT2D eigenvalue weighted by atomic mass is 19.4. The van der Waals surface area contributed by atoms with Crippen molar-refractivity contribution in [3.05, 3.63) is 35.4 Å². The van der Waals surface area contributed by atoms with Gasteiger partial charge in [0.2, 0.25) is 11.8 Å². The second kappa shape index (κ2) is 9.24. The average Bonchev–Trinajstić information content (AvgIpc) is 2.63. The van der Waals surface area contributed by atoms with Crippen LogP contribution in [0.25, 0.3) is 0 Å². The van der Waals surface area contributed by atoms with Crippen molar-refractivity contribution in [1.29, 1.82) is 0 Å². The van der Waals surface area contributed by atoms with Crippen LogP contribution in [0.5, 0.6) is 0 Å². The van der Waals surface area contributed by atoms with Gasteiger partial charge in [-0.3, -0.25) is 9.59 Å². The minimum atomic E-state index is -4.34. The largest absolute Gasteiger partial charge is 0.416 e. The molecule has 1 saturated heterocycles. The summed E-state index contributed by atoms with van der Waals surface area (Å²) in [6.07, 6.45) is -1.25. The Labute approximate surface area is 158 Å². The van der Waals surface area contributed by atoms with E-state index >= 15 is 0 Å². The van der Waals surface area contributed by atoms with E-state index in [-0.39, 0.29) is 30.6 Å². The third kappa shape index (κ3) is 6.26. The molecule has 2 amide bonds. The fraction of sp³-hybridized carbons (Fsp3) is 0.600. The maximum absolute atomic E-state index is 13.1. The lowest BCUT2D eigenvalue weighted by Crippen LogP contribution is -2.40. The molecule has 0 aliphatic carbocycles. The summed E-state index contributed by atoms with van der Waals surface area (Å²) in [7, 11) is 3.31. The van der Waals surface area contributed by atoms with Gasteiger partial charge in [0.25, 0.3) is 0 Å². The molecule has 0 aromatic heterocycles. The number of rotatable bonds is 6. The molecular weight excluding hydrogens is 357 g/mol. The summed E-state index contributed by atoms with van der Waals surface area (Å²) in [5, 5.41) is 0. The molecule has 1 heterocycles. The SMILES string of the molecule is CN(C)C(=O)CCC(=O)N1CCC[C@@H](CCc2ccccc2C(F)(F)F)C1. The lowest BCUT2D eigenvalue weighted by Gasteiger charge is -2.33. The number of piperidine rings is 1. The Balaban J connectivity index is 1.88. The van der Waals surface area contributed by atoms with Gasteiger partial charge in [-0.1, -0.05) is 18.2 Å². The number of amides is 2. The van der Waals surface area contributed by atoms with Crippen molar-refractivity contribution in [2.75, 3.05) is 27.2 Å². The molecule has 1 atom stereocenters. The number of hydrogen-bond acceptors (Lipinski definition) is 2. The van der Waals surface area contributed by atoms with Crippen molar-refractivity contribution in [1.82, 2.24) is 9.80 Å². The minimum Gasteiger partial charge on any atom is -0.349 e. The van der Waals surface area contributed by atoms with Crippen molar-refractivity contribution in [3.8, 4) is 0 Å². The van der Waals surface area contributed by atoms with Gasteiger partial charge in [-0.25, -0.2) is 0 Å². The molecule has 1 fully saturated rings. The number of carbonyl (C=O) groups excluding carboxylic acids is 2. The Morgan fingerprint density at radius 2 is 1.89 bits per heavy atom. The monoisotopic (exact) mass is 384 g/mol. The third-order valence-corrected chi connectivity index (χ3v) is 5.07. The Bertz CT molecular complexity index is 659. The maximum Gasteiger partial charge on any atom is 0.416 e. The molecule has 0 N–H and O–H groups in total. The summed E-state index contributed by atoms with van der Waals surface area (Å²) >= 11 is 0. The van der Waals surface area contributed by atoms with Crippen LogP contribution in [0.3, 0.4) is 0 Å². The summed E-state index contributed by atoms with van der Waals surface area (Å²) in [5.74, 6) is 0.0554. The summed E-state index contributed by atoms with van der Waals surface area (Å²) < 4.78 is 39.3. The van der Waals surface area contributed by atoms with Crippen molar-refractivity contribution in [2.45, 2.75) is 44.7 Å². The predicted octanol–water partition coefficient (Wildman–Crippen LogP) is 3.75. The molecule has 1 aromatic rings. The third-order valence-electron chi connectivity index (χ3n) is 5.07. The van der Waals surface area contributed by atoms with Crippen molar-refractivity contribution in [2.24, 2.45) is 5.92 Å². The van der Waals surface area contributed by atoms with E-state index in [2.05, 4.69) is 0 Å². The summed E-state index contributed by atoms with van der Waals surface area (Å²) in [6.45, 7) is 1.22. The average molecular weight is 384 g/mol. The maximum atomic E-state index is 13.1. The minimum absolute atomic E-state index is 0.0504. The fourth-order valence-corrected chi connectivity index (χ4v) is 3.50. The van der Waals surface area contributed by atoms with Crippen molar-refractivity contribution in [3.63, 3.8) is 0 Å². The zero-order valence-corrected chi connectivity index (χ0v) is 15.9. The van der Waals surface area contributed by atoms with Gasteiger partial charge in [0.1, 0.15) is 0 Å². The summed E-state index contributed by atoms with van der Waals surface area (Å²) in [5.41, 5.74) is -0.263. The van der Waals surface area contributed by atoms with Crippen LogP contribution < -0.4 is 0 Å². The zero-order chi connectivity index (χ0) is 20.0. The van der Waals surface area contributed by atoms with Gasteiger partial charge in [-0.15, -0.1) is 0 Å².